The summed E-state index contributed by atoms with van der Waals surface area (Å²) in [6, 6.07) is 7.55. The molecule has 1 atom stereocenters. The third-order valence-corrected chi connectivity index (χ3v) is 2.94. The summed E-state index contributed by atoms with van der Waals surface area (Å²) in [4.78, 5) is 11.7. The van der Waals surface area contributed by atoms with Crippen molar-refractivity contribution >= 4 is 17.4 Å². The van der Waals surface area contributed by atoms with Gasteiger partial charge in [-0.2, -0.15) is 0 Å². The van der Waals surface area contributed by atoms with Crippen molar-refractivity contribution in [2.45, 2.75) is 32.7 Å². The number of rotatable bonds is 6. The molecule has 0 aromatic heterocycles. The molecule has 1 rings (SSSR count). The Balaban J connectivity index is 2.75. The van der Waals surface area contributed by atoms with Crippen molar-refractivity contribution < 1.29 is 4.79 Å². The largest absolute Gasteiger partial charge is 0.307 e. The molecule has 1 N–H and O–H groups in total. The Hall–Kier alpha value is -0.860. The molecule has 0 amide bonds. The van der Waals surface area contributed by atoms with Crippen LogP contribution in [0.2, 0.25) is 5.02 Å². The minimum atomic E-state index is -0.116. The van der Waals surface area contributed by atoms with Crippen molar-refractivity contribution in [2.75, 3.05) is 6.54 Å². The van der Waals surface area contributed by atoms with Crippen LogP contribution in [0.15, 0.2) is 24.3 Å². The molecular weight excluding hydrogens is 222 g/mol. The fourth-order valence-corrected chi connectivity index (χ4v) is 1.89. The molecule has 2 nitrogen and oxygen atoms in total. The lowest BCUT2D eigenvalue weighted by Gasteiger charge is -2.16. The first kappa shape index (κ1) is 13.2. The molecule has 16 heavy (non-hydrogen) atoms. The number of halogens is 1. The van der Waals surface area contributed by atoms with E-state index < -0.39 is 0 Å². The van der Waals surface area contributed by atoms with Crippen LogP contribution in [0.1, 0.15) is 25.8 Å². The lowest BCUT2D eigenvalue weighted by atomic mass is 10.0. The van der Waals surface area contributed by atoms with Crippen molar-refractivity contribution in [1.82, 2.24) is 5.32 Å². The van der Waals surface area contributed by atoms with E-state index >= 15 is 0 Å². The molecule has 1 aromatic rings. The van der Waals surface area contributed by atoms with Crippen LogP contribution in [-0.4, -0.2) is 18.4 Å². The maximum absolute atomic E-state index is 11.7. The highest BCUT2D eigenvalue weighted by Crippen LogP contribution is 2.17. The van der Waals surface area contributed by atoms with Gasteiger partial charge in [-0.3, -0.25) is 4.79 Å². The zero-order valence-corrected chi connectivity index (χ0v) is 10.6. The molecule has 0 bridgehead atoms. The molecule has 1 aromatic carbocycles. The Bertz CT molecular complexity index is 352. The average molecular weight is 240 g/mol. The van der Waals surface area contributed by atoms with Gasteiger partial charge >= 0.3 is 0 Å². The summed E-state index contributed by atoms with van der Waals surface area (Å²) in [5.41, 5.74) is 1.02. The number of ketones is 1. The Morgan fingerprint density at radius 3 is 2.62 bits per heavy atom. The van der Waals surface area contributed by atoms with Gasteiger partial charge in [-0.15, -0.1) is 0 Å². The second kappa shape index (κ2) is 6.66. The van der Waals surface area contributed by atoms with E-state index in [9.17, 15) is 4.79 Å². The van der Waals surface area contributed by atoms with Crippen molar-refractivity contribution in [1.29, 1.82) is 0 Å². The van der Waals surface area contributed by atoms with Crippen LogP contribution in [-0.2, 0) is 11.2 Å². The summed E-state index contributed by atoms with van der Waals surface area (Å²) in [7, 11) is 0. The lowest BCUT2D eigenvalue weighted by Crippen LogP contribution is -2.38. The molecule has 0 heterocycles. The van der Waals surface area contributed by atoms with Gasteiger partial charge < -0.3 is 5.32 Å². The lowest BCUT2D eigenvalue weighted by molar-refractivity contribution is -0.120. The molecule has 0 aliphatic carbocycles. The maximum atomic E-state index is 11.7. The van der Waals surface area contributed by atoms with E-state index in [4.69, 9.17) is 11.6 Å². The molecule has 1 unspecified atom stereocenters. The second-order valence-corrected chi connectivity index (χ2v) is 4.13. The molecule has 0 aliphatic rings. The van der Waals surface area contributed by atoms with Crippen LogP contribution >= 0.6 is 11.6 Å². The number of hydrogen-bond acceptors (Lipinski definition) is 2. The van der Waals surface area contributed by atoms with Gasteiger partial charge in [-0.05, 0) is 24.6 Å². The fourth-order valence-electron chi connectivity index (χ4n) is 1.68. The highest BCUT2D eigenvalue weighted by molar-refractivity contribution is 6.31. The fraction of sp³-hybridized carbons (Fsp3) is 0.462. The summed E-state index contributed by atoms with van der Waals surface area (Å²) in [5, 5.41) is 3.93. The van der Waals surface area contributed by atoms with Gasteiger partial charge in [-0.25, -0.2) is 0 Å². The molecule has 88 valence electrons. The highest BCUT2D eigenvalue weighted by atomic mass is 35.5. The number of Topliss-reactive ketones (excluding diaryl/α,β-unsaturated/α-hetero) is 1. The van der Waals surface area contributed by atoms with Crippen LogP contribution in [0.25, 0.3) is 0 Å². The predicted molar refractivity (Wildman–Crippen MR) is 67.9 cm³/mol. The minimum absolute atomic E-state index is 0.116. The van der Waals surface area contributed by atoms with Crippen LogP contribution in [0.5, 0.6) is 0 Å². The summed E-state index contributed by atoms with van der Waals surface area (Å²) in [6.07, 6.45) is 1.22. The molecule has 0 fully saturated rings. The molecule has 0 radical (unpaired) electrons. The van der Waals surface area contributed by atoms with E-state index in [1.165, 1.54) is 0 Å². The van der Waals surface area contributed by atoms with Crippen molar-refractivity contribution in [3.05, 3.63) is 34.9 Å². The first-order valence-electron chi connectivity index (χ1n) is 5.68. The van der Waals surface area contributed by atoms with Gasteiger partial charge in [0.1, 0.15) is 5.78 Å². The molecule has 0 aliphatic heterocycles. The van der Waals surface area contributed by atoms with Crippen LogP contribution in [0.4, 0.5) is 0 Å². The van der Waals surface area contributed by atoms with E-state index in [1.807, 2.05) is 38.1 Å². The first-order chi connectivity index (χ1) is 7.69. The zero-order valence-electron chi connectivity index (χ0n) is 9.79. The van der Waals surface area contributed by atoms with Crippen LogP contribution in [0, 0.1) is 0 Å². The number of nitrogens with one attached hydrogen (secondary N) is 1. The molecular formula is C13H18ClNO. The van der Waals surface area contributed by atoms with E-state index in [1.54, 1.807) is 0 Å². The van der Waals surface area contributed by atoms with Gasteiger partial charge in [0, 0.05) is 11.4 Å². The Morgan fingerprint density at radius 2 is 2.06 bits per heavy atom. The Morgan fingerprint density at radius 1 is 1.38 bits per heavy atom. The van der Waals surface area contributed by atoms with E-state index in [0.29, 0.717) is 12.8 Å². The third kappa shape index (κ3) is 3.62. The number of carbonyl (C=O) groups is 1. The molecule has 0 saturated heterocycles. The van der Waals surface area contributed by atoms with E-state index in [-0.39, 0.29) is 11.8 Å². The minimum Gasteiger partial charge on any atom is -0.307 e. The van der Waals surface area contributed by atoms with E-state index in [0.717, 1.165) is 17.1 Å². The number of hydrogen-bond donors (Lipinski definition) is 1. The first-order valence-corrected chi connectivity index (χ1v) is 6.06. The average Bonchev–Trinajstić information content (AvgIpc) is 2.30. The standard InChI is InChI=1S/C13H18ClNO/c1-3-13(16)12(15-4-2)9-10-7-5-6-8-11(10)14/h5-8,12,15H,3-4,9H2,1-2H3. The monoisotopic (exact) mass is 239 g/mol. The van der Waals surface area contributed by atoms with Crippen molar-refractivity contribution in [3.8, 4) is 0 Å². The smallest absolute Gasteiger partial charge is 0.149 e. The van der Waals surface area contributed by atoms with Gasteiger partial charge in [-0.1, -0.05) is 43.6 Å². The third-order valence-electron chi connectivity index (χ3n) is 2.57. The summed E-state index contributed by atoms with van der Waals surface area (Å²) >= 11 is 6.08. The van der Waals surface area contributed by atoms with E-state index in [2.05, 4.69) is 5.32 Å². The van der Waals surface area contributed by atoms with Gasteiger partial charge in [0.15, 0.2) is 0 Å². The molecule has 0 saturated carbocycles. The number of likely N-dealkylation sites (N-methyl/N-ethyl adjacent to an activating group) is 1. The SMILES string of the molecule is CCNC(Cc1ccccc1Cl)C(=O)CC. The predicted octanol–water partition coefficient (Wildman–Crippen LogP) is 2.84. The normalized spacial score (nSPS) is 12.4. The Kier molecular flexibility index (Phi) is 5.50. The molecule has 3 heteroatoms. The summed E-state index contributed by atoms with van der Waals surface area (Å²) in [5.74, 6) is 0.238. The Labute approximate surface area is 102 Å². The van der Waals surface area contributed by atoms with Crippen molar-refractivity contribution in [3.63, 3.8) is 0 Å². The van der Waals surface area contributed by atoms with Gasteiger partial charge in [0.2, 0.25) is 0 Å². The molecule has 0 spiro atoms. The topological polar surface area (TPSA) is 29.1 Å². The van der Waals surface area contributed by atoms with Gasteiger partial charge in [0.25, 0.3) is 0 Å². The number of benzene rings is 1. The van der Waals surface area contributed by atoms with Crippen molar-refractivity contribution in [2.24, 2.45) is 0 Å². The maximum Gasteiger partial charge on any atom is 0.149 e. The van der Waals surface area contributed by atoms with Crippen LogP contribution in [0.3, 0.4) is 0 Å². The van der Waals surface area contributed by atoms with Gasteiger partial charge in [0.05, 0.1) is 6.04 Å². The second-order valence-electron chi connectivity index (χ2n) is 3.73. The summed E-state index contributed by atoms with van der Waals surface area (Å²) < 4.78 is 0. The quantitative estimate of drug-likeness (QED) is 0.827. The van der Waals surface area contributed by atoms with Crippen LogP contribution < -0.4 is 5.32 Å². The zero-order chi connectivity index (χ0) is 12.0. The summed E-state index contributed by atoms with van der Waals surface area (Å²) in [6.45, 7) is 4.68. The highest BCUT2D eigenvalue weighted by Gasteiger charge is 2.16. The number of carbonyl (C=O) groups excluding carboxylic acids is 1.